The first-order valence-electron chi connectivity index (χ1n) is 9.94. The number of rotatable bonds is 6. The van der Waals surface area contributed by atoms with Crippen molar-refractivity contribution in [2.45, 2.75) is 77.0 Å². The van der Waals surface area contributed by atoms with Crippen LogP contribution in [0.5, 0.6) is 0 Å². The maximum atomic E-state index is 12.8. The van der Waals surface area contributed by atoms with Crippen LogP contribution in [0, 0.1) is 5.92 Å². The van der Waals surface area contributed by atoms with Gasteiger partial charge in [0.25, 0.3) is 0 Å². The Hall–Kier alpha value is -1.59. The first kappa shape index (κ1) is 21.7. The number of carbonyl (C=O) groups excluding carboxylic acids is 2. The van der Waals surface area contributed by atoms with E-state index < -0.39 is 6.04 Å². The van der Waals surface area contributed by atoms with Crippen molar-refractivity contribution in [1.82, 2.24) is 16.0 Å². The molecule has 27 heavy (non-hydrogen) atoms. The number of halogens is 1. The Labute approximate surface area is 168 Å². The SMILES string of the molecule is CC(C)CC(NC(=O)C1Cc2ccccc2CN1)C(=O)NC1CCCC1.Cl. The molecule has 1 aliphatic carbocycles. The maximum absolute atomic E-state index is 12.8. The Kier molecular flexibility index (Phi) is 8.11. The average molecular weight is 394 g/mol. The van der Waals surface area contributed by atoms with Crippen molar-refractivity contribution < 1.29 is 9.59 Å². The summed E-state index contributed by atoms with van der Waals surface area (Å²) in [6.07, 6.45) is 5.79. The van der Waals surface area contributed by atoms with Gasteiger partial charge in [0.1, 0.15) is 6.04 Å². The summed E-state index contributed by atoms with van der Waals surface area (Å²) >= 11 is 0. The Morgan fingerprint density at radius 1 is 1.15 bits per heavy atom. The molecule has 1 saturated carbocycles. The number of carbonyl (C=O) groups is 2. The van der Waals surface area contributed by atoms with E-state index in [9.17, 15) is 9.59 Å². The molecule has 5 nitrogen and oxygen atoms in total. The monoisotopic (exact) mass is 393 g/mol. The van der Waals surface area contributed by atoms with Gasteiger partial charge < -0.3 is 16.0 Å². The molecule has 1 heterocycles. The molecule has 2 amide bonds. The third-order valence-electron chi connectivity index (χ3n) is 5.44. The van der Waals surface area contributed by atoms with Crippen LogP contribution in [0.1, 0.15) is 57.1 Å². The molecule has 2 aliphatic rings. The van der Waals surface area contributed by atoms with Gasteiger partial charge in [-0.2, -0.15) is 0 Å². The minimum atomic E-state index is -0.456. The predicted molar refractivity (Wildman–Crippen MR) is 110 cm³/mol. The number of hydrogen-bond donors (Lipinski definition) is 3. The molecule has 1 aromatic rings. The van der Waals surface area contributed by atoms with E-state index in [0.717, 1.165) is 12.8 Å². The summed E-state index contributed by atoms with van der Waals surface area (Å²) in [5, 5.41) is 9.45. The highest BCUT2D eigenvalue weighted by Gasteiger charge is 2.29. The maximum Gasteiger partial charge on any atom is 0.242 e. The van der Waals surface area contributed by atoms with Gasteiger partial charge in [0.05, 0.1) is 6.04 Å². The molecule has 1 fully saturated rings. The molecule has 0 aromatic heterocycles. The fraction of sp³-hybridized carbons (Fsp3) is 0.619. The first-order chi connectivity index (χ1) is 12.5. The number of amides is 2. The van der Waals surface area contributed by atoms with Gasteiger partial charge in [-0.25, -0.2) is 0 Å². The van der Waals surface area contributed by atoms with Crippen LogP contribution in [0.3, 0.4) is 0 Å². The quantitative estimate of drug-likeness (QED) is 0.695. The summed E-state index contributed by atoms with van der Waals surface area (Å²) < 4.78 is 0. The van der Waals surface area contributed by atoms with Crippen LogP contribution in [-0.2, 0) is 22.6 Å². The van der Waals surface area contributed by atoms with Crippen molar-refractivity contribution in [2.75, 3.05) is 0 Å². The summed E-state index contributed by atoms with van der Waals surface area (Å²) in [5.41, 5.74) is 2.46. The van der Waals surface area contributed by atoms with E-state index >= 15 is 0 Å². The van der Waals surface area contributed by atoms with E-state index in [1.807, 2.05) is 12.1 Å². The number of fused-ring (bicyclic) bond motifs is 1. The molecule has 0 bridgehead atoms. The molecule has 6 heteroatoms. The molecule has 1 aromatic carbocycles. The van der Waals surface area contributed by atoms with Crippen LogP contribution in [0.2, 0.25) is 0 Å². The molecule has 1 aliphatic heterocycles. The molecular formula is C21H32ClN3O2. The normalized spacial score (nSPS) is 20.5. The molecule has 0 spiro atoms. The summed E-state index contributed by atoms with van der Waals surface area (Å²) in [4.78, 5) is 25.5. The van der Waals surface area contributed by atoms with Crippen molar-refractivity contribution >= 4 is 24.2 Å². The lowest BCUT2D eigenvalue weighted by Crippen LogP contribution is -2.55. The third kappa shape index (κ3) is 5.94. The molecule has 3 N–H and O–H groups in total. The largest absolute Gasteiger partial charge is 0.352 e. The molecule has 2 atom stereocenters. The zero-order valence-electron chi connectivity index (χ0n) is 16.3. The van der Waals surface area contributed by atoms with Gasteiger partial charge in [-0.3, -0.25) is 9.59 Å². The topological polar surface area (TPSA) is 70.2 Å². The standard InChI is InChI=1S/C21H31N3O2.ClH/c1-14(2)11-19(21(26)23-17-9-5-6-10-17)24-20(25)18-12-15-7-3-4-8-16(15)13-22-18;/h3-4,7-8,14,17-19,22H,5-6,9-13H2,1-2H3,(H,23,26)(H,24,25);1H. The van der Waals surface area contributed by atoms with Crippen LogP contribution >= 0.6 is 12.4 Å². The van der Waals surface area contributed by atoms with E-state index in [2.05, 4.69) is 41.9 Å². The van der Waals surface area contributed by atoms with Crippen molar-refractivity contribution in [1.29, 1.82) is 0 Å². The fourth-order valence-electron chi connectivity index (χ4n) is 3.99. The van der Waals surface area contributed by atoms with Crippen molar-refractivity contribution in [2.24, 2.45) is 5.92 Å². The summed E-state index contributed by atoms with van der Waals surface area (Å²) in [6, 6.07) is 7.74. The molecule has 2 unspecified atom stereocenters. The molecule has 0 radical (unpaired) electrons. The number of hydrogen-bond acceptors (Lipinski definition) is 3. The van der Waals surface area contributed by atoms with Gasteiger partial charge in [-0.1, -0.05) is 51.0 Å². The van der Waals surface area contributed by atoms with Crippen LogP contribution in [-0.4, -0.2) is 29.9 Å². The highest BCUT2D eigenvalue weighted by atomic mass is 35.5. The van der Waals surface area contributed by atoms with Gasteiger partial charge in [-0.15, -0.1) is 12.4 Å². The lowest BCUT2D eigenvalue weighted by Gasteiger charge is -2.28. The summed E-state index contributed by atoms with van der Waals surface area (Å²) in [5.74, 6) is 0.233. The van der Waals surface area contributed by atoms with E-state index in [-0.39, 0.29) is 36.3 Å². The van der Waals surface area contributed by atoms with Crippen molar-refractivity contribution in [3.05, 3.63) is 35.4 Å². The average Bonchev–Trinajstić information content (AvgIpc) is 3.13. The molecule has 0 saturated heterocycles. The molecule has 3 rings (SSSR count). The van der Waals surface area contributed by atoms with E-state index in [1.165, 1.54) is 24.0 Å². The zero-order chi connectivity index (χ0) is 18.5. The lowest BCUT2D eigenvalue weighted by molar-refractivity contribution is -0.130. The van der Waals surface area contributed by atoms with Gasteiger partial charge in [0.2, 0.25) is 11.8 Å². The first-order valence-corrected chi connectivity index (χ1v) is 9.94. The zero-order valence-corrected chi connectivity index (χ0v) is 17.1. The minimum absolute atomic E-state index is 0. The second-order valence-corrected chi connectivity index (χ2v) is 8.09. The van der Waals surface area contributed by atoms with E-state index in [0.29, 0.717) is 25.3 Å². The molecule has 150 valence electrons. The minimum Gasteiger partial charge on any atom is -0.352 e. The van der Waals surface area contributed by atoms with Crippen molar-refractivity contribution in [3.8, 4) is 0 Å². The van der Waals surface area contributed by atoms with Gasteiger partial charge >= 0.3 is 0 Å². The van der Waals surface area contributed by atoms with E-state index in [1.54, 1.807) is 0 Å². The Morgan fingerprint density at radius 2 is 1.81 bits per heavy atom. The Balaban J connectivity index is 0.00000261. The Bertz CT molecular complexity index is 644. The van der Waals surface area contributed by atoms with Crippen molar-refractivity contribution in [3.63, 3.8) is 0 Å². The van der Waals surface area contributed by atoms with Crippen LogP contribution in [0.4, 0.5) is 0 Å². The van der Waals surface area contributed by atoms with Crippen LogP contribution in [0.25, 0.3) is 0 Å². The lowest BCUT2D eigenvalue weighted by atomic mass is 9.95. The number of nitrogens with one attached hydrogen (secondary N) is 3. The Morgan fingerprint density at radius 3 is 2.48 bits per heavy atom. The van der Waals surface area contributed by atoms with Crippen LogP contribution < -0.4 is 16.0 Å². The van der Waals surface area contributed by atoms with Gasteiger partial charge in [0.15, 0.2) is 0 Å². The smallest absolute Gasteiger partial charge is 0.242 e. The second-order valence-electron chi connectivity index (χ2n) is 8.09. The summed E-state index contributed by atoms with van der Waals surface area (Å²) in [6.45, 7) is 4.85. The molecular weight excluding hydrogens is 362 g/mol. The van der Waals surface area contributed by atoms with E-state index in [4.69, 9.17) is 0 Å². The number of benzene rings is 1. The van der Waals surface area contributed by atoms with Crippen LogP contribution in [0.15, 0.2) is 24.3 Å². The van der Waals surface area contributed by atoms with Gasteiger partial charge in [0, 0.05) is 12.6 Å². The third-order valence-corrected chi connectivity index (χ3v) is 5.44. The highest BCUT2D eigenvalue weighted by Crippen LogP contribution is 2.19. The fourth-order valence-corrected chi connectivity index (χ4v) is 3.99. The highest BCUT2D eigenvalue weighted by molar-refractivity contribution is 5.90. The summed E-state index contributed by atoms with van der Waals surface area (Å²) in [7, 11) is 0. The second kappa shape index (κ2) is 10.1. The van der Waals surface area contributed by atoms with Gasteiger partial charge in [-0.05, 0) is 42.7 Å². The predicted octanol–water partition coefficient (Wildman–Crippen LogP) is 2.71.